The summed E-state index contributed by atoms with van der Waals surface area (Å²) in [4.78, 5) is 26.7. The normalized spacial score (nSPS) is 16.5. The lowest BCUT2D eigenvalue weighted by atomic mass is 9.93. The lowest BCUT2D eigenvalue weighted by molar-refractivity contribution is -0.125. The second kappa shape index (κ2) is 8.68. The molecule has 0 unspecified atom stereocenters. The lowest BCUT2D eigenvalue weighted by Crippen LogP contribution is -2.44. The number of anilines is 1. The maximum Gasteiger partial charge on any atom is 0.246 e. The SMILES string of the molecule is COc1cccc(NC(=O)[C@H](c2ccccc2)N2CCC(C(N)=O)CC2)c1. The van der Waals surface area contributed by atoms with Gasteiger partial charge >= 0.3 is 0 Å². The highest BCUT2D eigenvalue weighted by atomic mass is 16.5. The van der Waals surface area contributed by atoms with Crippen molar-refractivity contribution < 1.29 is 14.3 Å². The van der Waals surface area contributed by atoms with Gasteiger partial charge in [0.2, 0.25) is 11.8 Å². The van der Waals surface area contributed by atoms with Crippen LogP contribution in [0, 0.1) is 5.92 Å². The van der Waals surface area contributed by atoms with Gasteiger partial charge in [0.15, 0.2) is 0 Å². The molecule has 6 heteroatoms. The van der Waals surface area contributed by atoms with Crippen molar-refractivity contribution in [3.63, 3.8) is 0 Å². The van der Waals surface area contributed by atoms with Gasteiger partial charge in [0.1, 0.15) is 11.8 Å². The highest BCUT2D eigenvalue weighted by Gasteiger charge is 2.32. The molecule has 1 aliphatic rings. The minimum Gasteiger partial charge on any atom is -0.497 e. The average Bonchev–Trinajstić information content (AvgIpc) is 2.69. The van der Waals surface area contributed by atoms with Crippen molar-refractivity contribution in [1.82, 2.24) is 4.90 Å². The van der Waals surface area contributed by atoms with E-state index in [9.17, 15) is 9.59 Å². The fourth-order valence-electron chi connectivity index (χ4n) is 3.52. The summed E-state index contributed by atoms with van der Waals surface area (Å²) in [5.41, 5.74) is 7.05. The molecular weight excluding hydrogens is 342 g/mol. The molecule has 3 N–H and O–H groups in total. The van der Waals surface area contributed by atoms with E-state index in [0.29, 0.717) is 37.4 Å². The van der Waals surface area contributed by atoms with Crippen LogP contribution in [0.25, 0.3) is 0 Å². The van der Waals surface area contributed by atoms with Crippen LogP contribution in [-0.2, 0) is 9.59 Å². The number of ether oxygens (including phenoxy) is 1. The Morgan fingerprint density at radius 1 is 1.11 bits per heavy atom. The molecule has 1 heterocycles. The van der Waals surface area contributed by atoms with Crippen molar-refractivity contribution >= 4 is 17.5 Å². The van der Waals surface area contributed by atoms with Crippen molar-refractivity contribution in [2.24, 2.45) is 11.7 Å². The Hall–Kier alpha value is -2.86. The molecule has 1 atom stereocenters. The molecule has 142 valence electrons. The number of piperidine rings is 1. The highest BCUT2D eigenvalue weighted by molar-refractivity contribution is 5.95. The van der Waals surface area contributed by atoms with Crippen molar-refractivity contribution in [2.45, 2.75) is 18.9 Å². The van der Waals surface area contributed by atoms with Gasteiger partial charge in [-0.25, -0.2) is 0 Å². The minimum atomic E-state index is -0.425. The topological polar surface area (TPSA) is 84.7 Å². The van der Waals surface area contributed by atoms with Gasteiger partial charge in [-0.15, -0.1) is 0 Å². The number of nitrogens with zero attached hydrogens (tertiary/aromatic N) is 1. The third kappa shape index (κ3) is 4.65. The Kier molecular flexibility index (Phi) is 6.08. The summed E-state index contributed by atoms with van der Waals surface area (Å²) in [5.74, 6) is 0.212. The first-order chi connectivity index (χ1) is 13.1. The first-order valence-corrected chi connectivity index (χ1v) is 9.11. The summed E-state index contributed by atoms with van der Waals surface area (Å²) < 4.78 is 5.23. The number of methoxy groups -OCH3 is 1. The van der Waals surface area contributed by atoms with E-state index in [1.54, 1.807) is 13.2 Å². The van der Waals surface area contributed by atoms with Gasteiger partial charge in [0, 0.05) is 17.7 Å². The molecule has 2 aromatic rings. The predicted octanol–water partition coefficient (Wildman–Crippen LogP) is 2.57. The molecular formula is C21H25N3O3. The van der Waals surface area contributed by atoms with Crippen LogP contribution in [0.2, 0.25) is 0 Å². The molecule has 6 nitrogen and oxygen atoms in total. The van der Waals surface area contributed by atoms with Crippen LogP contribution in [-0.4, -0.2) is 36.9 Å². The molecule has 1 aliphatic heterocycles. The van der Waals surface area contributed by atoms with Gasteiger partial charge < -0.3 is 15.8 Å². The summed E-state index contributed by atoms with van der Waals surface area (Å²) in [6.45, 7) is 1.30. The number of carbonyl (C=O) groups is 2. The van der Waals surface area contributed by atoms with Crippen molar-refractivity contribution in [1.29, 1.82) is 0 Å². The van der Waals surface area contributed by atoms with Gasteiger partial charge in [0.05, 0.1) is 7.11 Å². The van der Waals surface area contributed by atoms with E-state index < -0.39 is 6.04 Å². The van der Waals surface area contributed by atoms with E-state index >= 15 is 0 Å². The molecule has 1 saturated heterocycles. The molecule has 27 heavy (non-hydrogen) atoms. The number of amides is 2. The number of likely N-dealkylation sites (tertiary alicyclic amines) is 1. The Morgan fingerprint density at radius 3 is 2.44 bits per heavy atom. The van der Waals surface area contributed by atoms with Crippen molar-refractivity contribution in [2.75, 3.05) is 25.5 Å². The molecule has 0 bridgehead atoms. The first-order valence-electron chi connectivity index (χ1n) is 9.11. The predicted molar refractivity (Wildman–Crippen MR) is 104 cm³/mol. The minimum absolute atomic E-state index is 0.105. The van der Waals surface area contributed by atoms with Crippen LogP contribution in [0.4, 0.5) is 5.69 Å². The van der Waals surface area contributed by atoms with E-state index in [1.165, 1.54) is 0 Å². The van der Waals surface area contributed by atoms with Crippen LogP contribution in [0.15, 0.2) is 54.6 Å². The van der Waals surface area contributed by atoms with Crippen LogP contribution in [0.5, 0.6) is 5.75 Å². The zero-order chi connectivity index (χ0) is 19.2. The molecule has 2 amide bonds. The summed E-state index contributed by atoms with van der Waals surface area (Å²) >= 11 is 0. The summed E-state index contributed by atoms with van der Waals surface area (Å²) in [6.07, 6.45) is 1.34. The zero-order valence-corrected chi connectivity index (χ0v) is 15.4. The van der Waals surface area contributed by atoms with Gasteiger partial charge in [0.25, 0.3) is 0 Å². The van der Waals surface area contributed by atoms with Gasteiger partial charge in [-0.2, -0.15) is 0 Å². The molecule has 0 spiro atoms. The number of nitrogens with two attached hydrogens (primary N) is 1. The Labute approximate surface area is 159 Å². The van der Waals surface area contributed by atoms with Crippen LogP contribution in [0.1, 0.15) is 24.4 Å². The molecule has 0 aromatic heterocycles. The molecule has 1 fully saturated rings. The van der Waals surface area contributed by atoms with Gasteiger partial charge in [-0.3, -0.25) is 14.5 Å². The van der Waals surface area contributed by atoms with E-state index in [0.717, 1.165) is 5.56 Å². The number of nitrogens with one attached hydrogen (secondary N) is 1. The van der Waals surface area contributed by atoms with Gasteiger partial charge in [-0.05, 0) is 43.6 Å². The average molecular weight is 367 g/mol. The Balaban J connectivity index is 1.80. The molecule has 0 aliphatic carbocycles. The van der Waals surface area contributed by atoms with E-state index in [1.807, 2.05) is 48.5 Å². The second-order valence-corrected chi connectivity index (χ2v) is 6.75. The number of hydrogen-bond acceptors (Lipinski definition) is 4. The number of carbonyl (C=O) groups excluding carboxylic acids is 2. The molecule has 2 aromatic carbocycles. The molecule has 0 saturated carbocycles. The fourth-order valence-corrected chi connectivity index (χ4v) is 3.52. The van der Waals surface area contributed by atoms with Crippen molar-refractivity contribution in [3.8, 4) is 5.75 Å². The third-order valence-electron chi connectivity index (χ3n) is 5.00. The Morgan fingerprint density at radius 2 is 1.81 bits per heavy atom. The maximum absolute atomic E-state index is 13.1. The van der Waals surface area contributed by atoms with E-state index in [4.69, 9.17) is 10.5 Å². The van der Waals surface area contributed by atoms with Gasteiger partial charge in [-0.1, -0.05) is 36.4 Å². The fraction of sp³-hybridized carbons (Fsp3) is 0.333. The standard InChI is InChI=1S/C21H25N3O3/c1-27-18-9-5-8-17(14-18)23-21(26)19(15-6-3-2-4-7-15)24-12-10-16(11-13-24)20(22)25/h2-9,14,16,19H,10-13H2,1H3,(H2,22,25)(H,23,26)/t19-/m0/s1. The number of primary amides is 1. The monoisotopic (exact) mass is 367 g/mol. The van der Waals surface area contributed by atoms with Crippen LogP contribution < -0.4 is 15.8 Å². The maximum atomic E-state index is 13.1. The number of rotatable bonds is 6. The summed E-state index contributed by atoms with van der Waals surface area (Å²) in [7, 11) is 1.59. The smallest absolute Gasteiger partial charge is 0.246 e. The molecule has 3 rings (SSSR count). The van der Waals surface area contributed by atoms with E-state index in [2.05, 4.69) is 10.2 Å². The lowest BCUT2D eigenvalue weighted by Gasteiger charge is -2.36. The second-order valence-electron chi connectivity index (χ2n) is 6.75. The third-order valence-corrected chi connectivity index (χ3v) is 5.00. The van der Waals surface area contributed by atoms with Crippen LogP contribution >= 0.6 is 0 Å². The van der Waals surface area contributed by atoms with Crippen LogP contribution in [0.3, 0.4) is 0 Å². The van der Waals surface area contributed by atoms with Crippen molar-refractivity contribution in [3.05, 3.63) is 60.2 Å². The highest BCUT2D eigenvalue weighted by Crippen LogP contribution is 2.28. The first kappa shape index (κ1) is 18.9. The quantitative estimate of drug-likeness (QED) is 0.822. The number of benzene rings is 2. The number of hydrogen-bond donors (Lipinski definition) is 2. The van der Waals surface area contributed by atoms with E-state index in [-0.39, 0.29) is 17.7 Å². The Bertz CT molecular complexity index is 786. The molecule has 0 radical (unpaired) electrons. The summed E-state index contributed by atoms with van der Waals surface area (Å²) in [5, 5.41) is 2.99. The summed E-state index contributed by atoms with van der Waals surface area (Å²) in [6, 6.07) is 16.6. The largest absolute Gasteiger partial charge is 0.497 e. The zero-order valence-electron chi connectivity index (χ0n) is 15.4.